The van der Waals surface area contributed by atoms with Crippen molar-refractivity contribution < 1.29 is 13.2 Å². The maximum Gasteiger partial charge on any atom is 0.248 e. The van der Waals surface area contributed by atoms with E-state index >= 15 is 0 Å². The van der Waals surface area contributed by atoms with E-state index in [4.69, 9.17) is 17.0 Å². The molecule has 1 aromatic heterocycles. The monoisotopic (exact) mass is 291 g/mol. The molecule has 0 amide bonds. The summed E-state index contributed by atoms with van der Waals surface area (Å²) in [5.74, 6) is -3.88. The molecule has 1 atom stereocenters. The minimum Gasteiger partial charge on any atom is -0.354 e. The molecule has 3 nitrogen and oxygen atoms in total. The van der Waals surface area contributed by atoms with Crippen molar-refractivity contribution in [2.24, 2.45) is 4.99 Å². The molecule has 1 saturated carbocycles. The van der Waals surface area contributed by atoms with Crippen molar-refractivity contribution in [3.05, 3.63) is 22.2 Å². The molecule has 1 unspecified atom stereocenters. The number of hydrogen-bond donors (Lipinski definition) is 2. The lowest BCUT2D eigenvalue weighted by Gasteiger charge is -2.09. The first-order chi connectivity index (χ1) is 8.80. The second kappa shape index (κ2) is 5.00. The summed E-state index contributed by atoms with van der Waals surface area (Å²) in [7, 11) is 0. The van der Waals surface area contributed by atoms with Gasteiger partial charge in [0.1, 0.15) is 5.84 Å². The van der Waals surface area contributed by atoms with E-state index in [0.29, 0.717) is 5.69 Å². The Hall–Kier alpha value is -1.30. The lowest BCUT2D eigenvalue weighted by Crippen LogP contribution is -2.09. The molecule has 0 bridgehead atoms. The summed E-state index contributed by atoms with van der Waals surface area (Å²) in [4.78, 5) is 6.34. The van der Waals surface area contributed by atoms with Crippen LogP contribution in [-0.4, -0.2) is 23.0 Å². The zero-order valence-electron chi connectivity index (χ0n) is 10.2. The Morgan fingerprint density at radius 3 is 2.79 bits per heavy atom. The molecule has 0 saturated heterocycles. The van der Waals surface area contributed by atoms with Gasteiger partial charge in [-0.2, -0.15) is 0 Å². The molecule has 0 aromatic carbocycles. The smallest absolute Gasteiger partial charge is 0.248 e. The summed E-state index contributed by atoms with van der Waals surface area (Å²) >= 11 is 5.84. The highest BCUT2D eigenvalue weighted by atomic mass is 35.5. The van der Waals surface area contributed by atoms with E-state index in [1.54, 1.807) is 0 Å². The van der Waals surface area contributed by atoms with E-state index in [0.717, 1.165) is 6.21 Å². The van der Waals surface area contributed by atoms with Gasteiger partial charge < -0.3 is 4.98 Å². The Bertz CT molecular complexity index is 537. The van der Waals surface area contributed by atoms with Crippen LogP contribution in [0.25, 0.3) is 0 Å². The summed E-state index contributed by atoms with van der Waals surface area (Å²) in [6.45, 7) is 1.44. The van der Waals surface area contributed by atoms with Crippen LogP contribution in [0.2, 0.25) is 5.02 Å². The van der Waals surface area contributed by atoms with Crippen molar-refractivity contribution in [3.63, 3.8) is 0 Å². The summed E-state index contributed by atoms with van der Waals surface area (Å²) in [5.41, 5.74) is 0.308. The van der Waals surface area contributed by atoms with Gasteiger partial charge in [0, 0.05) is 24.5 Å². The fraction of sp³-hybridized carbons (Fsp3) is 0.500. The van der Waals surface area contributed by atoms with E-state index in [1.165, 1.54) is 6.92 Å². The molecular formula is C12H13ClF3N3. The number of nitrogens with one attached hydrogen (secondary N) is 2. The van der Waals surface area contributed by atoms with Gasteiger partial charge in [0.2, 0.25) is 5.92 Å². The van der Waals surface area contributed by atoms with Crippen LogP contribution in [0.15, 0.2) is 4.99 Å². The summed E-state index contributed by atoms with van der Waals surface area (Å²) < 4.78 is 40.1. The Morgan fingerprint density at radius 1 is 1.58 bits per heavy atom. The molecule has 2 N–H and O–H groups in total. The zero-order chi connectivity index (χ0) is 14.2. The SMILES string of the molecule is CC(=N)N=Cc1[nH]c(C2CCC(F)(F)C2)c(Cl)c1F. The first-order valence-electron chi connectivity index (χ1n) is 5.84. The zero-order valence-corrected chi connectivity index (χ0v) is 11.0. The number of rotatable bonds is 2. The van der Waals surface area contributed by atoms with Gasteiger partial charge in [0.05, 0.1) is 16.9 Å². The van der Waals surface area contributed by atoms with Crippen molar-refractivity contribution in [2.45, 2.75) is 38.0 Å². The van der Waals surface area contributed by atoms with Crippen molar-refractivity contribution in [2.75, 3.05) is 0 Å². The van der Waals surface area contributed by atoms with Crippen LogP contribution in [0.5, 0.6) is 0 Å². The van der Waals surface area contributed by atoms with E-state index < -0.39 is 17.7 Å². The summed E-state index contributed by atoms with van der Waals surface area (Å²) in [6.07, 6.45) is 0.873. The highest BCUT2D eigenvalue weighted by Crippen LogP contribution is 2.46. The predicted octanol–water partition coefficient (Wildman–Crippen LogP) is 4.13. The highest BCUT2D eigenvalue weighted by molar-refractivity contribution is 6.31. The molecular weight excluding hydrogens is 279 g/mol. The number of hydrogen-bond acceptors (Lipinski definition) is 1. The van der Waals surface area contributed by atoms with Gasteiger partial charge in [0.15, 0.2) is 5.82 Å². The van der Waals surface area contributed by atoms with Crippen molar-refractivity contribution >= 4 is 23.7 Å². The van der Waals surface area contributed by atoms with Crippen molar-refractivity contribution in [1.29, 1.82) is 5.41 Å². The Labute approximate surface area is 113 Å². The quantitative estimate of drug-likeness (QED) is 0.608. The Balaban J connectivity index is 2.28. The van der Waals surface area contributed by atoms with Crippen molar-refractivity contribution in [3.8, 4) is 0 Å². The molecule has 19 heavy (non-hydrogen) atoms. The topological polar surface area (TPSA) is 52.0 Å². The minimum atomic E-state index is -2.71. The fourth-order valence-electron chi connectivity index (χ4n) is 2.22. The fourth-order valence-corrected chi connectivity index (χ4v) is 2.52. The van der Waals surface area contributed by atoms with Gasteiger partial charge in [-0.1, -0.05) is 11.6 Å². The third-order valence-corrected chi connectivity index (χ3v) is 3.50. The number of aromatic nitrogens is 1. The van der Waals surface area contributed by atoms with E-state index in [2.05, 4.69) is 9.98 Å². The molecule has 0 radical (unpaired) electrons. The Kier molecular flexibility index (Phi) is 3.71. The summed E-state index contributed by atoms with van der Waals surface area (Å²) in [6, 6.07) is 0. The number of amidine groups is 1. The lowest BCUT2D eigenvalue weighted by molar-refractivity contribution is 0.00767. The van der Waals surface area contributed by atoms with Crippen LogP contribution in [0.3, 0.4) is 0 Å². The number of halogens is 4. The number of H-pyrrole nitrogens is 1. The minimum absolute atomic E-state index is 0.0130. The maximum atomic E-state index is 13.8. The number of aliphatic imine (C=N–C) groups is 1. The van der Waals surface area contributed by atoms with Gasteiger partial charge in [-0.25, -0.2) is 18.2 Å². The summed E-state index contributed by atoms with van der Waals surface area (Å²) in [5, 5.41) is 6.97. The molecule has 1 aliphatic rings. The second-order valence-electron chi connectivity index (χ2n) is 4.72. The highest BCUT2D eigenvalue weighted by Gasteiger charge is 2.41. The van der Waals surface area contributed by atoms with Crippen LogP contribution >= 0.6 is 11.6 Å². The average molecular weight is 292 g/mol. The van der Waals surface area contributed by atoms with Gasteiger partial charge in [-0.15, -0.1) is 0 Å². The largest absolute Gasteiger partial charge is 0.354 e. The number of nitrogens with zero attached hydrogens (tertiary/aromatic N) is 1. The first kappa shape index (κ1) is 14.1. The Morgan fingerprint density at radius 2 is 2.26 bits per heavy atom. The third kappa shape index (κ3) is 3.00. The standard InChI is InChI=1S/C12H13ClF3N3/c1-6(17)18-5-8-10(14)9(13)11(19-8)7-2-3-12(15,16)4-7/h5,7,17,19H,2-4H2,1H3. The molecule has 1 fully saturated rings. The van der Waals surface area contributed by atoms with E-state index in [9.17, 15) is 13.2 Å². The van der Waals surface area contributed by atoms with Gasteiger partial charge in [-0.05, 0) is 13.3 Å². The molecule has 0 spiro atoms. The predicted molar refractivity (Wildman–Crippen MR) is 68.3 cm³/mol. The molecule has 1 aromatic rings. The molecule has 104 valence electrons. The second-order valence-corrected chi connectivity index (χ2v) is 5.10. The average Bonchev–Trinajstić information content (AvgIpc) is 2.79. The third-order valence-electron chi connectivity index (χ3n) is 3.13. The van der Waals surface area contributed by atoms with Crippen LogP contribution in [0.1, 0.15) is 43.5 Å². The van der Waals surface area contributed by atoms with Crippen LogP contribution in [-0.2, 0) is 0 Å². The van der Waals surface area contributed by atoms with E-state index in [-0.39, 0.29) is 35.8 Å². The van der Waals surface area contributed by atoms with Gasteiger partial charge >= 0.3 is 0 Å². The number of alkyl halides is 2. The van der Waals surface area contributed by atoms with Crippen LogP contribution in [0.4, 0.5) is 13.2 Å². The normalized spacial score (nSPS) is 22.3. The molecule has 1 aliphatic carbocycles. The van der Waals surface area contributed by atoms with Crippen LogP contribution < -0.4 is 0 Å². The molecule has 1 heterocycles. The maximum absolute atomic E-state index is 13.8. The molecule has 2 rings (SSSR count). The number of aromatic amines is 1. The first-order valence-corrected chi connectivity index (χ1v) is 6.22. The van der Waals surface area contributed by atoms with E-state index in [1.807, 2.05) is 0 Å². The van der Waals surface area contributed by atoms with Gasteiger partial charge in [0.25, 0.3) is 0 Å². The van der Waals surface area contributed by atoms with Crippen LogP contribution in [0, 0.1) is 11.2 Å². The molecule has 7 heteroatoms. The lowest BCUT2D eigenvalue weighted by atomic mass is 10.0. The van der Waals surface area contributed by atoms with Crippen molar-refractivity contribution in [1.82, 2.24) is 4.98 Å². The van der Waals surface area contributed by atoms with Gasteiger partial charge in [-0.3, -0.25) is 5.41 Å². The molecule has 0 aliphatic heterocycles.